The second-order valence-corrected chi connectivity index (χ2v) is 7.01. The van der Waals surface area contributed by atoms with Gasteiger partial charge in [0.25, 0.3) is 5.22 Å². The number of benzene rings is 2. The van der Waals surface area contributed by atoms with Gasteiger partial charge >= 0.3 is 5.97 Å². The summed E-state index contributed by atoms with van der Waals surface area (Å²) in [6.07, 6.45) is 0. The number of carbonyl (C=O) groups excluding carboxylic acids is 1. The summed E-state index contributed by atoms with van der Waals surface area (Å²) in [6.45, 7) is 2.10. The lowest BCUT2D eigenvalue weighted by Crippen LogP contribution is -2.13. The fraction of sp³-hybridized carbons (Fsp3) is 0.167. The molecule has 0 aliphatic heterocycles. The van der Waals surface area contributed by atoms with Gasteiger partial charge in [0.05, 0.1) is 6.61 Å². The van der Waals surface area contributed by atoms with Gasteiger partial charge in [0.2, 0.25) is 5.89 Å². The quantitative estimate of drug-likeness (QED) is 0.419. The molecule has 5 nitrogen and oxygen atoms in total. The molecule has 2 aromatic carbocycles. The minimum atomic E-state index is -0.556. The van der Waals surface area contributed by atoms with Gasteiger partial charge in [-0.25, -0.2) is 0 Å². The van der Waals surface area contributed by atoms with Gasteiger partial charge in [-0.2, -0.15) is 0 Å². The van der Waals surface area contributed by atoms with E-state index in [-0.39, 0.29) is 5.97 Å². The molecule has 3 rings (SSSR count). The van der Waals surface area contributed by atoms with E-state index in [0.717, 1.165) is 15.6 Å². The Morgan fingerprint density at radius 1 is 1.16 bits per heavy atom. The average Bonchev–Trinajstić information content (AvgIpc) is 3.10. The smallest absolute Gasteiger partial charge is 0.324 e. The summed E-state index contributed by atoms with van der Waals surface area (Å²) in [5.74, 6) is 0.0766. The van der Waals surface area contributed by atoms with Gasteiger partial charge in [-0.1, -0.05) is 46.3 Å². The Morgan fingerprint density at radius 3 is 2.56 bits per heavy atom. The number of ether oxygens (including phenoxy) is 1. The molecule has 25 heavy (non-hydrogen) atoms. The summed E-state index contributed by atoms with van der Waals surface area (Å²) in [5.41, 5.74) is 1.64. The van der Waals surface area contributed by atoms with Crippen LogP contribution in [0.3, 0.4) is 0 Å². The van der Waals surface area contributed by atoms with Gasteiger partial charge in [0.15, 0.2) is 0 Å². The highest BCUT2D eigenvalue weighted by atomic mass is 79.9. The van der Waals surface area contributed by atoms with E-state index in [4.69, 9.17) is 9.15 Å². The topological polar surface area (TPSA) is 65.2 Å². The van der Waals surface area contributed by atoms with Gasteiger partial charge in [0.1, 0.15) is 5.25 Å². The molecule has 0 aliphatic rings. The van der Waals surface area contributed by atoms with Crippen molar-refractivity contribution in [3.05, 3.63) is 64.6 Å². The number of rotatable bonds is 6. The molecule has 0 radical (unpaired) electrons. The van der Waals surface area contributed by atoms with Gasteiger partial charge in [-0.05, 0) is 48.5 Å². The molecule has 0 fully saturated rings. The minimum absolute atomic E-state index is 0.316. The Morgan fingerprint density at radius 2 is 1.88 bits per heavy atom. The van der Waals surface area contributed by atoms with Crippen LogP contribution >= 0.6 is 27.7 Å². The van der Waals surface area contributed by atoms with Crippen molar-refractivity contribution in [1.82, 2.24) is 10.2 Å². The minimum Gasteiger partial charge on any atom is -0.465 e. The second-order valence-electron chi connectivity index (χ2n) is 5.04. The van der Waals surface area contributed by atoms with E-state index < -0.39 is 5.25 Å². The molecule has 0 saturated carbocycles. The zero-order valence-corrected chi connectivity index (χ0v) is 15.8. The summed E-state index contributed by atoms with van der Waals surface area (Å²) >= 11 is 4.57. The fourth-order valence-corrected chi connectivity index (χ4v) is 3.30. The first kappa shape index (κ1) is 17.7. The number of hydrogen-bond donors (Lipinski definition) is 0. The SMILES string of the molecule is CCOC(=O)C(Sc1nnc(-c2ccc(Br)cc2)o1)c1ccccc1. The number of halogens is 1. The fourth-order valence-electron chi connectivity index (χ4n) is 2.17. The van der Waals surface area contributed by atoms with Gasteiger partial charge in [-0.3, -0.25) is 4.79 Å². The standard InChI is InChI=1S/C18H15BrN2O3S/c1-2-23-17(22)15(12-6-4-3-5-7-12)25-18-21-20-16(24-18)13-8-10-14(19)11-9-13/h3-11,15H,2H2,1H3. The normalized spacial score (nSPS) is 11.9. The average molecular weight is 419 g/mol. The number of hydrogen-bond acceptors (Lipinski definition) is 6. The highest BCUT2D eigenvalue weighted by molar-refractivity contribution is 9.10. The number of esters is 1. The first-order valence-electron chi connectivity index (χ1n) is 7.65. The van der Waals surface area contributed by atoms with Crippen molar-refractivity contribution in [1.29, 1.82) is 0 Å². The lowest BCUT2D eigenvalue weighted by Gasteiger charge is -2.13. The van der Waals surface area contributed by atoms with Crippen molar-refractivity contribution >= 4 is 33.7 Å². The van der Waals surface area contributed by atoms with E-state index >= 15 is 0 Å². The van der Waals surface area contributed by atoms with E-state index in [2.05, 4.69) is 26.1 Å². The molecule has 0 amide bonds. The molecular formula is C18H15BrN2O3S. The van der Waals surface area contributed by atoms with Crippen LogP contribution in [0, 0.1) is 0 Å². The van der Waals surface area contributed by atoms with Crippen LogP contribution in [0.2, 0.25) is 0 Å². The van der Waals surface area contributed by atoms with Crippen molar-refractivity contribution in [2.45, 2.75) is 17.4 Å². The van der Waals surface area contributed by atoms with Crippen molar-refractivity contribution in [2.24, 2.45) is 0 Å². The second kappa shape index (κ2) is 8.31. The van der Waals surface area contributed by atoms with Crippen LogP contribution in [-0.4, -0.2) is 22.8 Å². The summed E-state index contributed by atoms with van der Waals surface area (Å²) < 4.78 is 11.9. The molecule has 0 bridgehead atoms. The van der Waals surface area contributed by atoms with E-state index in [0.29, 0.717) is 17.7 Å². The third-order valence-corrected chi connectivity index (χ3v) is 4.91. The molecule has 7 heteroatoms. The van der Waals surface area contributed by atoms with Crippen LogP contribution < -0.4 is 0 Å². The van der Waals surface area contributed by atoms with Crippen molar-refractivity contribution in [2.75, 3.05) is 6.61 Å². The lowest BCUT2D eigenvalue weighted by molar-refractivity contribution is -0.142. The Labute approximate surface area is 157 Å². The molecule has 0 spiro atoms. The Bertz CT molecular complexity index is 837. The first-order valence-corrected chi connectivity index (χ1v) is 9.32. The molecule has 1 unspecified atom stereocenters. The molecule has 0 N–H and O–H groups in total. The maximum atomic E-state index is 12.3. The third-order valence-electron chi connectivity index (χ3n) is 3.32. The number of aromatic nitrogens is 2. The summed E-state index contributed by atoms with van der Waals surface area (Å²) in [5, 5.41) is 7.88. The van der Waals surface area contributed by atoms with E-state index in [9.17, 15) is 4.79 Å². The first-order chi connectivity index (χ1) is 12.2. The van der Waals surface area contributed by atoms with E-state index in [1.807, 2.05) is 54.6 Å². The van der Waals surface area contributed by atoms with E-state index in [1.165, 1.54) is 11.8 Å². The maximum Gasteiger partial charge on any atom is 0.324 e. The Balaban J connectivity index is 1.82. The number of thioether (sulfide) groups is 1. The molecule has 0 saturated heterocycles. The van der Waals surface area contributed by atoms with Crippen molar-refractivity contribution in [3.8, 4) is 11.5 Å². The predicted octanol–water partition coefficient (Wildman–Crippen LogP) is 4.90. The van der Waals surface area contributed by atoms with Crippen LogP contribution in [0.25, 0.3) is 11.5 Å². The summed E-state index contributed by atoms with van der Waals surface area (Å²) in [6, 6.07) is 17.0. The third kappa shape index (κ3) is 4.49. The van der Waals surface area contributed by atoms with Crippen molar-refractivity contribution < 1.29 is 13.9 Å². The zero-order chi connectivity index (χ0) is 17.6. The number of carbonyl (C=O) groups is 1. The summed E-state index contributed by atoms with van der Waals surface area (Å²) in [7, 11) is 0. The van der Waals surface area contributed by atoms with Crippen LogP contribution in [0.15, 0.2) is 68.7 Å². The molecular weight excluding hydrogens is 404 g/mol. The molecule has 1 heterocycles. The van der Waals surface area contributed by atoms with Gasteiger partial charge < -0.3 is 9.15 Å². The molecule has 1 atom stereocenters. The molecule has 128 valence electrons. The largest absolute Gasteiger partial charge is 0.465 e. The van der Waals surface area contributed by atoms with Crippen LogP contribution in [-0.2, 0) is 9.53 Å². The monoisotopic (exact) mass is 418 g/mol. The molecule has 0 aliphatic carbocycles. The maximum absolute atomic E-state index is 12.3. The number of nitrogens with zero attached hydrogens (tertiary/aromatic N) is 2. The van der Waals surface area contributed by atoms with Gasteiger partial charge in [-0.15, -0.1) is 10.2 Å². The Hall–Kier alpha value is -2.12. The predicted molar refractivity (Wildman–Crippen MR) is 99.1 cm³/mol. The highest BCUT2D eigenvalue weighted by Crippen LogP contribution is 2.36. The van der Waals surface area contributed by atoms with Crippen LogP contribution in [0.1, 0.15) is 17.7 Å². The molecule has 1 aromatic heterocycles. The van der Waals surface area contributed by atoms with Gasteiger partial charge in [0, 0.05) is 10.0 Å². The highest BCUT2D eigenvalue weighted by Gasteiger charge is 2.26. The summed E-state index contributed by atoms with van der Waals surface area (Å²) in [4.78, 5) is 12.3. The molecule has 3 aromatic rings. The van der Waals surface area contributed by atoms with Crippen LogP contribution in [0.4, 0.5) is 0 Å². The van der Waals surface area contributed by atoms with Crippen LogP contribution in [0.5, 0.6) is 0 Å². The van der Waals surface area contributed by atoms with E-state index in [1.54, 1.807) is 6.92 Å². The van der Waals surface area contributed by atoms with Crippen molar-refractivity contribution in [3.63, 3.8) is 0 Å². The zero-order valence-electron chi connectivity index (χ0n) is 13.4. The Kier molecular flexibility index (Phi) is 5.88. The lowest BCUT2D eigenvalue weighted by atomic mass is 10.1.